The fourth-order valence-corrected chi connectivity index (χ4v) is 4.83. The lowest BCUT2D eigenvalue weighted by molar-refractivity contribution is 0.173. The molecule has 2 aliphatic heterocycles. The van der Waals surface area contributed by atoms with E-state index in [2.05, 4.69) is 51.6 Å². The number of benzene rings is 2. The quantitative estimate of drug-likeness (QED) is 0.625. The molecule has 5 heteroatoms. The number of aromatic amines is 1. The molecule has 1 aromatic heterocycles. The fourth-order valence-electron chi connectivity index (χ4n) is 4.83. The molecule has 31 heavy (non-hydrogen) atoms. The average Bonchev–Trinajstić information content (AvgIpc) is 2.81. The summed E-state index contributed by atoms with van der Waals surface area (Å²) in [7, 11) is 0. The molecule has 2 N–H and O–H groups in total. The first-order valence-electron chi connectivity index (χ1n) is 11.1. The topological polar surface area (TPSA) is 57.4 Å². The SMILES string of the molecule is C.O=c1[nH]c2ccc(OCCN3CCC(c4ccccc4)CC3)cc2c2c1CCCN2. The second-order valence-corrected chi connectivity index (χ2v) is 8.42. The van der Waals surface area contributed by atoms with E-state index in [1.807, 2.05) is 12.1 Å². The molecule has 2 aliphatic rings. The predicted octanol–water partition coefficient (Wildman–Crippen LogP) is 4.78. The zero-order chi connectivity index (χ0) is 20.3. The van der Waals surface area contributed by atoms with Crippen molar-refractivity contribution in [3.05, 3.63) is 70.0 Å². The maximum atomic E-state index is 12.3. The number of ether oxygens (including phenoxy) is 1. The molecular formula is C26H33N3O2. The van der Waals surface area contributed by atoms with Gasteiger partial charge in [-0.25, -0.2) is 0 Å². The van der Waals surface area contributed by atoms with Crippen molar-refractivity contribution in [3.63, 3.8) is 0 Å². The summed E-state index contributed by atoms with van der Waals surface area (Å²) in [4.78, 5) is 17.8. The second kappa shape index (κ2) is 9.56. The van der Waals surface area contributed by atoms with Crippen molar-refractivity contribution >= 4 is 16.6 Å². The number of H-pyrrole nitrogens is 1. The number of nitrogens with one attached hydrogen (secondary N) is 2. The van der Waals surface area contributed by atoms with Crippen LogP contribution < -0.4 is 15.6 Å². The number of fused-ring (bicyclic) bond motifs is 3. The van der Waals surface area contributed by atoms with E-state index in [4.69, 9.17) is 4.74 Å². The van der Waals surface area contributed by atoms with Gasteiger partial charge in [-0.1, -0.05) is 37.8 Å². The van der Waals surface area contributed by atoms with Crippen LogP contribution in [0.3, 0.4) is 0 Å². The fraction of sp³-hybridized carbons (Fsp3) is 0.423. The molecular weight excluding hydrogens is 386 g/mol. The second-order valence-electron chi connectivity index (χ2n) is 8.42. The Kier molecular flexibility index (Phi) is 6.62. The van der Waals surface area contributed by atoms with Crippen LogP contribution in [0.1, 0.15) is 43.7 Å². The van der Waals surface area contributed by atoms with Crippen LogP contribution in [-0.4, -0.2) is 42.7 Å². The van der Waals surface area contributed by atoms with E-state index in [0.717, 1.165) is 66.9 Å². The van der Waals surface area contributed by atoms with Gasteiger partial charge in [-0.05, 0) is 68.5 Å². The Morgan fingerprint density at radius 1 is 1.06 bits per heavy atom. The number of rotatable bonds is 5. The highest BCUT2D eigenvalue weighted by Gasteiger charge is 2.20. The van der Waals surface area contributed by atoms with Gasteiger partial charge in [-0.3, -0.25) is 9.69 Å². The summed E-state index contributed by atoms with van der Waals surface area (Å²) in [6, 6.07) is 16.8. The highest BCUT2D eigenvalue weighted by Crippen LogP contribution is 2.30. The van der Waals surface area contributed by atoms with Gasteiger partial charge < -0.3 is 15.0 Å². The Labute approximate surface area is 184 Å². The van der Waals surface area contributed by atoms with E-state index in [0.29, 0.717) is 12.5 Å². The molecule has 5 rings (SSSR count). The largest absolute Gasteiger partial charge is 0.492 e. The number of pyridine rings is 1. The van der Waals surface area contributed by atoms with Gasteiger partial charge in [-0.2, -0.15) is 0 Å². The number of piperidine rings is 1. The Morgan fingerprint density at radius 2 is 1.87 bits per heavy atom. The summed E-state index contributed by atoms with van der Waals surface area (Å²) < 4.78 is 6.09. The van der Waals surface area contributed by atoms with Gasteiger partial charge in [0.1, 0.15) is 12.4 Å². The zero-order valence-electron chi connectivity index (χ0n) is 17.3. The molecule has 0 spiro atoms. The van der Waals surface area contributed by atoms with E-state index in [1.54, 1.807) is 0 Å². The Morgan fingerprint density at radius 3 is 2.68 bits per heavy atom. The van der Waals surface area contributed by atoms with Crippen LogP contribution in [0.2, 0.25) is 0 Å². The Balaban J connectivity index is 0.00000231. The molecule has 3 aromatic rings. The molecule has 2 aromatic carbocycles. The number of hydrogen-bond donors (Lipinski definition) is 2. The van der Waals surface area contributed by atoms with Crippen LogP contribution in [0.15, 0.2) is 53.3 Å². The molecule has 0 unspecified atom stereocenters. The Hall–Kier alpha value is -2.79. The summed E-state index contributed by atoms with van der Waals surface area (Å²) in [6.07, 6.45) is 4.26. The molecule has 0 amide bonds. The number of hydrogen-bond acceptors (Lipinski definition) is 4. The monoisotopic (exact) mass is 419 g/mol. The molecule has 1 fully saturated rings. The minimum Gasteiger partial charge on any atom is -0.492 e. The van der Waals surface area contributed by atoms with E-state index < -0.39 is 0 Å². The molecule has 0 atom stereocenters. The van der Waals surface area contributed by atoms with Crippen molar-refractivity contribution in [2.75, 3.05) is 38.1 Å². The third-order valence-electron chi connectivity index (χ3n) is 6.52. The van der Waals surface area contributed by atoms with Crippen LogP contribution in [-0.2, 0) is 6.42 Å². The van der Waals surface area contributed by atoms with Crippen LogP contribution in [0.25, 0.3) is 10.9 Å². The molecule has 0 aliphatic carbocycles. The van der Waals surface area contributed by atoms with Gasteiger partial charge in [0.05, 0.1) is 11.2 Å². The van der Waals surface area contributed by atoms with Crippen molar-refractivity contribution in [3.8, 4) is 5.75 Å². The van der Waals surface area contributed by atoms with E-state index in [9.17, 15) is 4.79 Å². The van der Waals surface area contributed by atoms with Gasteiger partial charge in [-0.15, -0.1) is 0 Å². The van der Waals surface area contributed by atoms with Gasteiger partial charge >= 0.3 is 0 Å². The first-order valence-corrected chi connectivity index (χ1v) is 11.1. The molecule has 164 valence electrons. The standard InChI is InChI=1S/C25H29N3O2.CH4/c29-25-21-7-4-12-26-24(21)22-17-20(8-9-23(22)27-25)30-16-15-28-13-10-19(11-14-28)18-5-2-1-3-6-18;/h1-3,5-6,8-9,17,19,26H,4,7,10-16H2,(H,27,29);1H4. The summed E-state index contributed by atoms with van der Waals surface area (Å²) >= 11 is 0. The van der Waals surface area contributed by atoms with E-state index >= 15 is 0 Å². The van der Waals surface area contributed by atoms with Crippen molar-refractivity contribution < 1.29 is 4.74 Å². The van der Waals surface area contributed by atoms with Crippen LogP contribution >= 0.6 is 0 Å². The minimum absolute atomic E-state index is 0. The van der Waals surface area contributed by atoms with Crippen molar-refractivity contribution in [2.45, 2.75) is 39.0 Å². The van der Waals surface area contributed by atoms with E-state index in [-0.39, 0.29) is 13.0 Å². The van der Waals surface area contributed by atoms with Crippen molar-refractivity contribution in [2.24, 2.45) is 0 Å². The summed E-state index contributed by atoms with van der Waals surface area (Å²) in [6.45, 7) is 4.79. The van der Waals surface area contributed by atoms with Crippen molar-refractivity contribution in [1.29, 1.82) is 0 Å². The van der Waals surface area contributed by atoms with Gasteiger partial charge in [0.15, 0.2) is 0 Å². The van der Waals surface area contributed by atoms with Gasteiger partial charge in [0, 0.05) is 24.0 Å². The summed E-state index contributed by atoms with van der Waals surface area (Å²) in [5.74, 6) is 1.55. The van der Waals surface area contributed by atoms with Crippen molar-refractivity contribution in [1.82, 2.24) is 9.88 Å². The number of aromatic nitrogens is 1. The predicted molar refractivity (Wildman–Crippen MR) is 128 cm³/mol. The zero-order valence-corrected chi connectivity index (χ0v) is 17.3. The summed E-state index contributed by atoms with van der Waals surface area (Å²) in [5, 5.41) is 4.46. The number of nitrogens with zero attached hydrogens (tertiary/aromatic N) is 1. The maximum Gasteiger partial charge on any atom is 0.253 e. The lowest BCUT2D eigenvalue weighted by Gasteiger charge is -2.32. The van der Waals surface area contributed by atoms with Gasteiger partial charge in [0.2, 0.25) is 0 Å². The van der Waals surface area contributed by atoms with Crippen LogP contribution in [0.4, 0.5) is 5.69 Å². The molecule has 3 heterocycles. The normalized spacial score (nSPS) is 16.9. The highest BCUT2D eigenvalue weighted by atomic mass is 16.5. The molecule has 1 saturated heterocycles. The third kappa shape index (κ3) is 4.62. The molecule has 0 radical (unpaired) electrons. The molecule has 0 saturated carbocycles. The Bertz CT molecular complexity index is 1070. The lowest BCUT2D eigenvalue weighted by atomic mass is 9.89. The summed E-state index contributed by atoms with van der Waals surface area (Å²) in [5.41, 5.74) is 4.21. The lowest BCUT2D eigenvalue weighted by Crippen LogP contribution is -2.35. The average molecular weight is 420 g/mol. The molecule has 5 nitrogen and oxygen atoms in total. The van der Waals surface area contributed by atoms with Crippen LogP contribution in [0, 0.1) is 0 Å². The highest BCUT2D eigenvalue weighted by molar-refractivity contribution is 5.94. The first-order chi connectivity index (χ1) is 14.8. The molecule has 0 bridgehead atoms. The minimum atomic E-state index is 0. The number of likely N-dealkylation sites (tertiary alicyclic amines) is 1. The van der Waals surface area contributed by atoms with Crippen LogP contribution in [0.5, 0.6) is 5.75 Å². The first kappa shape index (κ1) is 21.4. The smallest absolute Gasteiger partial charge is 0.253 e. The van der Waals surface area contributed by atoms with E-state index in [1.165, 1.54) is 18.4 Å². The van der Waals surface area contributed by atoms with Gasteiger partial charge in [0.25, 0.3) is 5.56 Å². The number of anilines is 1. The third-order valence-corrected chi connectivity index (χ3v) is 6.52. The maximum absolute atomic E-state index is 12.3.